The van der Waals surface area contributed by atoms with Gasteiger partial charge in [0.2, 0.25) is 5.91 Å². The van der Waals surface area contributed by atoms with Crippen LogP contribution in [0, 0.1) is 0 Å². The monoisotopic (exact) mass is 331 g/mol. The van der Waals surface area contributed by atoms with Crippen LogP contribution in [0.25, 0.3) is 10.9 Å². The van der Waals surface area contributed by atoms with E-state index in [9.17, 15) is 4.79 Å². The van der Waals surface area contributed by atoms with Crippen LogP contribution in [0.1, 0.15) is 25.3 Å². The molecule has 2 heterocycles. The number of benzene rings is 1. The van der Waals surface area contributed by atoms with Crippen molar-refractivity contribution in [1.29, 1.82) is 0 Å². The molecule has 2 aromatic rings. The Morgan fingerprint density at radius 3 is 2.96 bits per heavy atom. The van der Waals surface area contributed by atoms with Gasteiger partial charge in [0.25, 0.3) is 0 Å². The first-order valence-corrected chi connectivity index (χ1v) is 8.58. The number of pyridine rings is 1. The van der Waals surface area contributed by atoms with Gasteiger partial charge >= 0.3 is 0 Å². The third kappa shape index (κ3) is 3.82. The molecule has 0 spiro atoms. The quantitative estimate of drug-likeness (QED) is 0.865. The lowest BCUT2D eigenvalue weighted by atomic mass is 10.1. The van der Waals surface area contributed by atoms with Crippen molar-refractivity contribution in [2.24, 2.45) is 0 Å². The highest BCUT2D eigenvalue weighted by Gasteiger charge is 2.18. The molecule has 1 aliphatic rings. The Morgan fingerprint density at radius 1 is 1.26 bits per heavy atom. The van der Waals surface area contributed by atoms with E-state index < -0.39 is 0 Å². The molecule has 0 atom stereocenters. The fraction of sp³-hybridized carbons (Fsp3) is 0.444. The molecule has 1 amide bonds. The van der Waals surface area contributed by atoms with E-state index in [1.54, 1.807) is 0 Å². The number of hydrogen-bond acceptors (Lipinski definition) is 3. The molecular formula is C18H22ClN3O. The molecule has 3 rings (SSSR count). The molecule has 122 valence electrons. The number of rotatable bonds is 3. The minimum atomic E-state index is 0.252. The van der Waals surface area contributed by atoms with Crippen molar-refractivity contribution in [3.63, 3.8) is 0 Å². The first-order chi connectivity index (χ1) is 11.2. The number of hydrogen-bond donors (Lipinski definition) is 0. The standard InChI is InChI=1S/C18H22ClN3O/c1-2-17(23)22-8-4-7-21(9-10-22)13-15-12-16(19)11-14-5-3-6-20-18(14)15/h3,5-6,11-12H,2,4,7-10,13H2,1H3. The molecule has 0 N–H and O–H groups in total. The molecule has 1 aliphatic heterocycles. The average Bonchev–Trinajstić information content (AvgIpc) is 2.79. The maximum atomic E-state index is 11.9. The van der Waals surface area contributed by atoms with E-state index in [0.717, 1.165) is 60.6 Å². The number of aromatic nitrogens is 1. The number of nitrogens with zero attached hydrogens (tertiary/aromatic N) is 3. The summed E-state index contributed by atoms with van der Waals surface area (Å²) in [6, 6.07) is 7.94. The second kappa shape index (κ2) is 7.28. The van der Waals surface area contributed by atoms with E-state index in [1.165, 1.54) is 0 Å². The second-order valence-corrected chi connectivity index (χ2v) is 6.44. The van der Waals surface area contributed by atoms with E-state index in [4.69, 9.17) is 11.6 Å². The summed E-state index contributed by atoms with van der Waals surface area (Å²) in [5.41, 5.74) is 2.17. The van der Waals surface area contributed by atoms with E-state index in [2.05, 4.69) is 9.88 Å². The molecule has 0 radical (unpaired) electrons. The van der Waals surface area contributed by atoms with Crippen LogP contribution in [-0.4, -0.2) is 46.9 Å². The topological polar surface area (TPSA) is 36.4 Å². The van der Waals surface area contributed by atoms with E-state index in [1.807, 2.05) is 42.3 Å². The van der Waals surface area contributed by atoms with Crippen molar-refractivity contribution in [2.75, 3.05) is 26.2 Å². The highest BCUT2D eigenvalue weighted by Crippen LogP contribution is 2.23. The molecule has 23 heavy (non-hydrogen) atoms. The van der Waals surface area contributed by atoms with Crippen LogP contribution in [0.4, 0.5) is 0 Å². The molecule has 0 bridgehead atoms. The normalized spacial score (nSPS) is 16.5. The zero-order valence-electron chi connectivity index (χ0n) is 13.5. The van der Waals surface area contributed by atoms with Crippen molar-refractivity contribution < 1.29 is 4.79 Å². The summed E-state index contributed by atoms with van der Waals surface area (Å²) in [6.07, 6.45) is 3.42. The van der Waals surface area contributed by atoms with E-state index in [-0.39, 0.29) is 5.91 Å². The summed E-state index contributed by atoms with van der Waals surface area (Å²) < 4.78 is 0. The van der Waals surface area contributed by atoms with Gasteiger partial charge in [-0.3, -0.25) is 14.7 Å². The van der Waals surface area contributed by atoms with Crippen LogP contribution < -0.4 is 0 Å². The third-order valence-corrected chi connectivity index (χ3v) is 4.60. The van der Waals surface area contributed by atoms with Crippen LogP contribution in [-0.2, 0) is 11.3 Å². The smallest absolute Gasteiger partial charge is 0.222 e. The van der Waals surface area contributed by atoms with Crippen LogP contribution >= 0.6 is 11.6 Å². The lowest BCUT2D eigenvalue weighted by Gasteiger charge is -2.22. The van der Waals surface area contributed by atoms with Crippen LogP contribution in [0.15, 0.2) is 30.5 Å². The zero-order valence-corrected chi connectivity index (χ0v) is 14.2. The summed E-state index contributed by atoms with van der Waals surface area (Å²) >= 11 is 6.26. The number of amides is 1. The Morgan fingerprint density at radius 2 is 2.13 bits per heavy atom. The number of fused-ring (bicyclic) bond motifs is 1. The zero-order chi connectivity index (χ0) is 16.2. The van der Waals surface area contributed by atoms with Crippen LogP contribution in [0.2, 0.25) is 5.02 Å². The second-order valence-electron chi connectivity index (χ2n) is 6.00. The van der Waals surface area contributed by atoms with Crippen molar-refractivity contribution in [1.82, 2.24) is 14.8 Å². The highest BCUT2D eigenvalue weighted by atomic mass is 35.5. The molecule has 0 aliphatic carbocycles. The number of carbonyl (C=O) groups excluding carboxylic acids is 1. The van der Waals surface area contributed by atoms with Gasteiger partial charge in [-0.25, -0.2) is 0 Å². The fourth-order valence-electron chi connectivity index (χ4n) is 3.19. The van der Waals surface area contributed by atoms with Crippen molar-refractivity contribution >= 4 is 28.4 Å². The molecule has 4 nitrogen and oxygen atoms in total. The van der Waals surface area contributed by atoms with Gasteiger partial charge in [-0.05, 0) is 30.2 Å². The van der Waals surface area contributed by atoms with Gasteiger partial charge in [0.05, 0.1) is 5.52 Å². The predicted molar refractivity (Wildman–Crippen MR) is 93.5 cm³/mol. The summed E-state index contributed by atoms with van der Waals surface area (Å²) in [4.78, 5) is 20.8. The Labute approximate surface area is 142 Å². The Kier molecular flexibility index (Phi) is 5.13. The maximum Gasteiger partial charge on any atom is 0.222 e. The molecule has 0 unspecified atom stereocenters. The van der Waals surface area contributed by atoms with Gasteiger partial charge in [0.1, 0.15) is 0 Å². The van der Waals surface area contributed by atoms with Crippen molar-refractivity contribution in [3.8, 4) is 0 Å². The third-order valence-electron chi connectivity index (χ3n) is 4.39. The molecular weight excluding hydrogens is 310 g/mol. The maximum absolute atomic E-state index is 11.9. The van der Waals surface area contributed by atoms with Gasteiger partial charge in [-0.15, -0.1) is 0 Å². The molecule has 0 saturated carbocycles. The molecule has 1 fully saturated rings. The fourth-order valence-corrected chi connectivity index (χ4v) is 3.44. The van der Waals surface area contributed by atoms with E-state index >= 15 is 0 Å². The number of carbonyl (C=O) groups is 1. The molecule has 1 aromatic carbocycles. The largest absolute Gasteiger partial charge is 0.341 e. The summed E-state index contributed by atoms with van der Waals surface area (Å²) in [6.45, 7) is 6.30. The summed E-state index contributed by atoms with van der Waals surface area (Å²) in [5.74, 6) is 0.252. The van der Waals surface area contributed by atoms with Gasteiger partial charge in [0, 0.05) is 55.8 Å². The Balaban J connectivity index is 1.76. The lowest BCUT2D eigenvalue weighted by Crippen LogP contribution is -2.34. The SMILES string of the molecule is CCC(=O)N1CCCN(Cc2cc(Cl)cc3cccnc23)CC1. The van der Waals surface area contributed by atoms with E-state index in [0.29, 0.717) is 6.42 Å². The summed E-state index contributed by atoms with van der Waals surface area (Å²) in [7, 11) is 0. The van der Waals surface area contributed by atoms with Gasteiger partial charge < -0.3 is 4.90 Å². The van der Waals surface area contributed by atoms with Crippen LogP contribution in [0.3, 0.4) is 0 Å². The Hall–Kier alpha value is -1.65. The molecule has 5 heteroatoms. The lowest BCUT2D eigenvalue weighted by molar-refractivity contribution is -0.130. The molecule has 1 aromatic heterocycles. The van der Waals surface area contributed by atoms with Crippen molar-refractivity contribution in [3.05, 3.63) is 41.0 Å². The van der Waals surface area contributed by atoms with Crippen molar-refractivity contribution in [2.45, 2.75) is 26.3 Å². The first kappa shape index (κ1) is 16.2. The summed E-state index contributed by atoms with van der Waals surface area (Å²) in [5, 5.41) is 1.82. The average molecular weight is 332 g/mol. The number of halogens is 1. The van der Waals surface area contributed by atoms with Gasteiger partial charge in [-0.2, -0.15) is 0 Å². The Bertz CT molecular complexity index is 704. The van der Waals surface area contributed by atoms with Gasteiger partial charge in [-0.1, -0.05) is 24.6 Å². The predicted octanol–water partition coefficient (Wildman–Crippen LogP) is 3.33. The minimum absolute atomic E-state index is 0.252. The highest BCUT2D eigenvalue weighted by molar-refractivity contribution is 6.31. The minimum Gasteiger partial charge on any atom is -0.341 e. The molecule has 1 saturated heterocycles. The van der Waals surface area contributed by atoms with Gasteiger partial charge in [0.15, 0.2) is 0 Å². The first-order valence-electron chi connectivity index (χ1n) is 8.20. The van der Waals surface area contributed by atoms with Crippen LogP contribution in [0.5, 0.6) is 0 Å².